The maximum absolute atomic E-state index is 12.7. The van der Waals surface area contributed by atoms with Crippen LogP contribution in [0, 0.1) is 5.92 Å². The molecule has 1 aromatic carbocycles. The Balaban J connectivity index is 2.01. The fourth-order valence-electron chi connectivity index (χ4n) is 2.41. The highest BCUT2D eigenvalue weighted by Gasteiger charge is 2.42. The van der Waals surface area contributed by atoms with Crippen LogP contribution in [-0.2, 0) is 11.2 Å². The third-order valence-corrected chi connectivity index (χ3v) is 4.79. The van der Waals surface area contributed by atoms with Gasteiger partial charge in [0.05, 0.1) is 17.4 Å². The number of halogens is 5. The van der Waals surface area contributed by atoms with Gasteiger partial charge in [0, 0.05) is 17.6 Å². The van der Waals surface area contributed by atoms with Gasteiger partial charge in [-0.15, -0.1) is 0 Å². The summed E-state index contributed by atoms with van der Waals surface area (Å²) in [6.07, 6.45) is -3.66. The van der Waals surface area contributed by atoms with Crippen molar-refractivity contribution in [2.45, 2.75) is 25.4 Å². The van der Waals surface area contributed by atoms with E-state index < -0.39 is 12.1 Å². The van der Waals surface area contributed by atoms with Crippen molar-refractivity contribution in [2.24, 2.45) is 5.92 Å². The van der Waals surface area contributed by atoms with Crippen molar-refractivity contribution in [1.29, 1.82) is 0 Å². The Morgan fingerprint density at radius 2 is 2.14 bits per heavy atom. The van der Waals surface area contributed by atoms with E-state index in [1.165, 1.54) is 4.90 Å². The first-order valence-corrected chi connectivity index (χ1v) is 7.73. The molecule has 0 spiro atoms. The second-order valence-corrected chi connectivity index (χ2v) is 6.41. The van der Waals surface area contributed by atoms with Gasteiger partial charge in [-0.05, 0) is 46.5 Å². The first-order valence-electron chi connectivity index (χ1n) is 6.56. The molecule has 21 heavy (non-hydrogen) atoms. The third-order valence-electron chi connectivity index (χ3n) is 3.58. The SMILES string of the molecule is O=C(Cc1ccc(Cl)c(Br)c1)N1CCCC(C(F)(F)F)C1. The van der Waals surface area contributed by atoms with Crippen LogP contribution in [0.15, 0.2) is 22.7 Å². The molecule has 0 radical (unpaired) electrons. The molecule has 1 fully saturated rings. The summed E-state index contributed by atoms with van der Waals surface area (Å²) >= 11 is 9.13. The highest BCUT2D eigenvalue weighted by molar-refractivity contribution is 9.10. The van der Waals surface area contributed by atoms with E-state index in [0.717, 1.165) is 5.56 Å². The second-order valence-electron chi connectivity index (χ2n) is 5.15. The minimum atomic E-state index is -4.23. The van der Waals surface area contributed by atoms with Crippen LogP contribution in [0.5, 0.6) is 0 Å². The normalized spacial score (nSPS) is 19.7. The van der Waals surface area contributed by atoms with Crippen LogP contribution < -0.4 is 0 Å². The predicted molar refractivity (Wildman–Crippen MR) is 78.2 cm³/mol. The molecule has 2 nitrogen and oxygen atoms in total. The van der Waals surface area contributed by atoms with Crippen molar-refractivity contribution < 1.29 is 18.0 Å². The minimum absolute atomic E-state index is 0.0837. The van der Waals surface area contributed by atoms with Crippen LogP contribution in [0.4, 0.5) is 13.2 Å². The smallest absolute Gasteiger partial charge is 0.342 e. The summed E-state index contributed by atoms with van der Waals surface area (Å²) in [6, 6.07) is 5.07. The minimum Gasteiger partial charge on any atom is -0.342 e. The van der Waals surface area contributed by atoms with E-state index in [2.05, 4.69) is 15.9 Å². The fraction of sp³-hybridized carbons (Fsp3) is 0.500. The van der Waals surface area contributed by atoms with E-state index in [9.17, 15) is 18.0 Å². The Hall–Kier alpha value is -0.750. The van der Waals surface area contributed by atoms with Crippen LogP contribution in [-0.4, -0.2) is 30.1 Å². The molecule has 116 valence electrons. The molecule has 1 aliphatic heterocycles. The van der Waals surface area contributed by atoms with Gasteiger partial charge in [-0.1, -0.05) is 17.7 Å². The van der Waals surface area contributed by atoms with Gasteiger partial charge >= 0.3 is 6.18 Å². The Labute approximate surface area is 134 Å². The quantitative estimate of drug-likeness (QED) is 0.738. The van der Waals surface area contributed by atoms with Crippen molar-refractivity contribution in [3.8, 4) is 0 Å². The van der Waals surface area contributed by atoms with Gasteiger partial charge in [0.15, 0.2) is 0 Å². The first kappa shape index (κ1) is 16.6. The average molecular weight is 385 g/mol. The summed E-state index contributed by atoms with van der Waals surface area (Å²) in [5.74, 6) is -1.69. The van der Waals surface area contributed by atoms with E-state index in [4.69, 9.17) is 11.6 Å². The summed E-state index contributed by atoms with van der Waals surface area (Å²) in [7, 11) is 0. The number of rotatable bonds is 2. The van der Waals surface area contributed by atoms with Crippen LogP contribution in [0.3, 0.4) is 0 Å². The molecule has 1 amide bonds. The zero-order valence-corrected chi connectivity index (χ0v) is 13.4. The van der Waals surface area contributed by atoms with Crippen LogP contribution in [0.2, 0.25) is 5.02 Å². The Kier molecular flexibility index (Phi) is 5.20. The molecule has 2 rings (SSSR count). The second kappa shape index (κ2) is 6.57. The van der Waals surface area contributed by atoms with Gasteiger partial charge in [-0.25, -0.2) is 0 Å². The Morgan fingerprint density at radius 1 is 1.43 bits per heavy atom. The summed E-state index contributed by atoms with van der Waals surface area (Å²) in [5.41, 5.74) is 0.727. The monoisotopic (exact) mass is 383 g/mol. The lowest BCUT2D eigenvalue weighted by molar-refractivity contribution is -0.187. The largest absolute Gasteiger partial charge is 0.393 e. The van der Waals surface area contributed by atoms with E-state index in [1.807, 2.05) is 0 Å². The van der Waals surface area contributed by atoms with Crippen molar-refractivity contribution in [3.63, 3.8) is 0 Å². The topological polar surface area (TPSA) is 20.3 Å². The highest BCUT2D eigenvalue weighted by atomic mass is 79.9. The van der Waals surface area contributed by atoms with E-state index in [-0.39, 0.29) is 25.3 Å². The van der Waals surface area contributed by atoms with Crippen molar-refractivity contribution in [3.05, 3.63) is 33.3 Å². The number of carbonyl (C=O) groups is 1. The maximum atomic E-state index is 12.7. The standard InChI is InChI=1S/C14H14BrClF3NO/c15-11-6-9(3-4-12(11)16)7-13(21)20-5-1-2-10(8-20)14(17,18)19/h3-4,6,10H,1-2,5,7-8H2. The molecule has 0 saturated carbocycles. The lowest BCUT2D eigenvalue weighted by Crippen LogP contribution is -2.45. The first-order chi connectivity index (χ1) is 9.77. The van der Waals surface area contributed by atoms with Gasteiger partial charge in [0.1, 0.15) is 0 Å². The summed E-state index contributed by atoms with van der Waals surface area (Å²) in [5, 5.41) is 0.529. The van der Waals surface area contributed by atoms with Crippen LogP contribution in [0.1, 0.15) is 18.4 Å². The zero-order valence-electron chi connectivity index (χ0n) is 11.1. The highest BCUT2D eigenvalue weighted by Crippen LogP contribution is 2.33. The number of hydrogen-bond donors (Lipinski definition) is 0. The predicted octanol–water partition coefficient (Wildman–Crippen LogP) is 4.45. The van der Waals surface area contributed by atoms with Gasteiger partial charge in [0.2, 0.25) is 5.91 Å². The molecular formula is C14H14BrClF3NO. The molecule has 0 bridgehead atoms. The summed E-state index contributed by atoms with van der Waals surface area (Å²) < 4.78 is 38.9. The van der Waals surface area contributed by atoms with Crippen molar-refractivity contribution in [1.82, 2.24) is 4.90 Å². The third kappa shape index (κ3) is 4.36. The van der Waals surface area contributed by atoms with Crippen LogP contribution >= 0.6 is 27.5 Å². The zero-order chi connectivity index (χ0) is 15.6. The van der Waals surface area contributed by atoms with Gasteiger partial charge in [-0.2, -0.15) is 13.2 Å². The summed E-state index contributed by atoms with van der Waals surface area (Å²) in [6.45, 7) is 0.150. The van der Waals surface area contributed by atoms with Gasteiger partial charge in [0.25, 0.3) is 0 Å². The number of alkyl halides is 3. The van der Waals surface area contributed by atoms with E-state index >= 15 is 0 Å². The lowest BCUT2D eigenvalue weighted by atomic mass is 9.97. The molecule has 1 saturated heterocycles. The Bertz CT molecular complexity index is 535. The van der Waals surface area contributed by atoms with Crippen LogP contribution in [0.25, 0.3) is 0 Å². The Morgan fingerprint density at radius 3 is 2.76 bits per heavy atom. The number of benzene rings is 1. The molecule has 0 aromatic heterocycles. The number of hydrogen-bond acceptors (Lipinski definition) is 1. The van der Waals surface area contributed by atoms with Gasteiger partial charge in [-0.3, -0.25) is 4.79 Å². The molecular weight excluding hydrogens is 371 g/mol. The lowest BCUT2D eigenvalue weighted by Gasteiger charge is -2.33. The van der Waals surface area contributed by atoms with Crippen molar-refractivity contribution in [2.75, 3.05) is 13.1 Å². The molecule has 1 atom stereocenters. The van der Waals surface area contributed by atoms with Gasteiger partial charge < -0.3 is 4.90 Å². The van der Waals surface area contributed by atoms with E-state index in [0.29, 0.717) is 22.5 Å². The molecule has 0 N–H and O–H groups in total. The molecule has 7 heteroatoms. The maximum Gasteiger partial charge on any atom is 0.393 e. The van der Waals surface area contributed by atoms with Crippen molar-refractivity contribution >= 4 is 33.4 Å². The number of amides is 1. The number of piperidine rings is 1. The average Bonchev–Trinajstić information content (AvgIpc) is 2.42. The van der Waals surface area contributed by atoms with E-state index in [1.54, 1.807) is 18.2 Å². The molecule has 1 aromatic rings. The summed E-state index contributed by atoms with van der Waals surface area (Å²) in [4.78, 5) is 13.5. The molecule has 1 aliphatic rings. The fourth-order valence-corrected chi connectivity index (χ4v) is 2.95. The molecule has 1 heterocycles. The number of carbonyl (C=O) groups excluding carboxylic acids is 1. The molecule has 1 unspecified atom stereocenters. The molecule has 0 aliphatic carbocycles. The number of likely N-dealkylation sites (tertiary alicyclic amines) is 1. The number of nitrogens with zero attached hydrogens (tertiary/aromatic N) is 1.